The molecule has 0 radical (unpaired) electrons. The number of rotatable bonds is 5. The van der Waals surface area contributed by atoms with Gasteiger partial charge in [0.05, 0.1) is 24.2 Å². The van der Waals surface area contributed by atoms with Gasteiger partial charge in [0.1, 0.15) is 12.3 Å². The van der Waals surface area contributed by atoms with Crippen molar-refractivity contribution in [3.8, 4) is 5.75 Å². The number of hydrogen-bond donors (Lipinski definition) is 1. The smallest absolute Gasteiger partial charge is 0.146 e. The maximum atomic E-state index is 6.02. The molecule has 1 aromatic rings. The monoisotopic (exact) mass is 248 g/mol. The average molecular weight is 249 g/mol. The molecule has 1 rings (SSSR count). The Labute approximate surface area is 101 Å². The standard InChI is InChI=1S/C11H15Cl2NO/c1-3-4-14-7-8-5-9(12)6-10(13)11(8)15-2/h5-6,14H,3-4,7H2,1-2H3/p+1. The second-order valence-corrected chi connectivity index (χ2v) is 4.21. The highest BCUT2D eigenvalue weighted by atomic mass is 35.5. The molecule has 0 heterocycles. The fourth-order valence-corrected chi connectivity index (χ4v) is 2.07. The summed E-state index contributed by atoms with van der Waals surface area (Å²) in [6.45, 7) is 4.09. The molecule has 2 N–H and O–H groups in total. The molecule has 0 saturated carbocycles. The minimum absolute atomic E-state index is 0.574. The van der Waals surface area contributed by atoms with Gasteiger partial charge in [-0.2, -0.15) is 0 Å². The van der Waals surface area contributed by atoms with Gasteiger partial charge in [-0.15, -0.1) is 0 Å². The van der Waals surface area contributed by atoms with Crippen LogP contribution in [-0.2, 0) is 6.54 Å². The molecule has 0 aliphatic rings. The molecular weight excluding hydrogens is 233 g/mol. The van der Waals surface area contributed by atoms with Gasteiger partial charge in [-0.05, 0) is 18.6 Å². The Balaban J connectivity index is 2.84. The molecule has 0 aliphatic carbocycles. The van der Waals surface area contributed by atoms with E-state index >= 15 is 0 Å². The van der Waals surface area contributed by atoms with Gasteiger partial charge in [-0.1, -0.05) is 30.1 Å². The van der Waals surface area contributed by atoms with Crippen molar-refractivity contribution in [3.63, 3.8) is 0 Å². The van der Waals surface area contributed by atoms with Gasteiger partial charge in [0.2, 0.25) is 0 Å². The van der Waals surface area contributed by atoms with Gasteiger partial charge < -0.3 is 10.1 Å². The maximum Gasteiger partial charge on any atom is 0.146 e. The van der Waals surface area contributed by atoms with E-state index in [-0.39, 0.29) is 0 Å². The Morgan fingerprint density at radius 1 is 1.33 bits per heavy atom. The average Bonchev–Trinajstić information content (AvgIpc) is 2.17. The molecule has 0 spiro atoms. The van der Waals surface area contributed by atoms with Crippen LogP contribution in [0.1, 0.15) is 18.9 Å². The van der Waals surface area contributed by atoms with E-state index in [9.17, 15) is 0 Å². The zero-order chi connectivity index (χ0) is 11.3. The minimum Gasteiger partial charge on any atom is -0.495 e. The summed E-state index contributed by atoms with van der Waals surface area (Å²) in [7, 11) is 1.62. The van der Waals surface area contributed by atoms with Crippen LogP contribution in [0.4, 0.5) is 0 Å². The van der Waals surface area contributed by atoms with Gasteiger partial charge in [0.25, 0.3) is 0 Å². The van der Waals surface area contributed by atoms with Crippen molar-refractivity contribution in [1.29, 1.82) is 0 Å². The first-order chi connectivity index (χ1) is 7.19. The lowest BCUT2D eigenvalue weighted by Gasteiger charge is -2.09. The van der Waals surface area contributed by atoms with E-state index < -0.39 is 0 Å². The first kappa shape index (κ1) is 12.6. The third kappa shape index (κ3) is 3.56. The highest BCUT2D eigenvalue weighted by Crippen LogP contribution is 2.31. The first-order valence-electron chi connectivity index (χ1n) is 5.02. The fourth-order valence-electron chi connectivity index (χ4n) is 1.46. The summed E-state index contributed by atoms with van der Waals surface area (Å²) in [4.78, 5) is 0. The Hall–Kier alpha value is -0.440. The Bertz CT molecular complexity index is 329. The lowest BCUT2D eigenvalue weighted by molar-refractivity contribution is -0.670. The molecule has 0 aromatic heterocycles. The summed E-state index contributed by atoms with van der Waals surface area (Å²) < 4.78 is 5.25. The molecule has 0 unspecified atom stereocenters. The van der Waals surface area contributed by atoms with E-state index in [1.165, 1.54) is 0 Å². The molecule has 0 bridgehead atoms. The van der Waals surface area contributed by atoms with Crippen molar-refractivity contribution in [2.75, 3.05) is 13.7 Å². The molecule has 4 heteroatoms. The number of quaternary nitrogens is 1. The number of nitrogens with two attached hydrogens (primary N) is 1. The maximum absolute atomic E-state index is 6.02. The Morgan fingerprint density at radius 2 is 2.07 bits per heavy atom. The van der Waals surface area contributed by atoms with Gasteiger partial charge in [-0.25, -0.2) is 0 Å². The molecule has 0 saturated heterocycles. The van der Waals surface area contributed by atoms with E-state index in [2.05, 4.69) is 12.2 Å². The number of benzene rings is 1. The van der Waals surface area contributed by atoms with Crippen molar-refractivity contribution in [2.45, 2.75) is 19.9 Å². The van der Waals surface area contributed by atoms with Gasteiger partial charge in [0, 0.05) is 5.02 Å². The van der Waals surface area contributed by atoms with Crippen molar-refractivity contribution in [2.24, 2.45) is 0 Å². The molecule has 1 aromatic carbocycles. The second kappa shape index (κ2) is 6.21. The lowest BCUT2D eigenvalue weighted by atomic mass is 10.2. The van der Waals surface area contributed by atoms with Crippen molar-refractivity contribution in [3.05, 3.63) is 27.7 Å². The summed E-state index contributed by atoms with van der Waals surface area (Å²) in [5, 5.41) is 3.44. The summed E-state index contributed by atoms with van der Waals surface area (Å²) >= 11 is 12.0. The quantitative estimate of drug-likeness (QED) is 0.797. The van der Waals surface area contributed by atoms with E-state index in [1.54, 1.807) is 13.2 Å². The van der Waals surface area contributed by atoms with Crippen molar-refractivity contribution < 1.29 is 10.1 Å². The zero-order valence-corrected chi connectivity index (χ0v) is 10.5. The van der Waals surface area contributed by atoms with Crippen LogP contribution in [0.3, 0.4) is 0 Å². The predicted molar refractivity (Wildman–Crippen MR) is 63.8 cm³/mol. The van der Waals surface area contributed by atoms with Crippen molar-refractivity contribution in [1.82, 2.24) is 0 Å². The van der Waals surface area contributed by atoms with Gasteiger partial charge >= 0.3 is 0 Å². The van der Waals surface area contributed by atoms with Crippen LogP contribution in [0.15, 0.2) is 12.1 Å². The minimum atomic E-state index is 0.574. The highest BCUT2D eigenvalue weighted by Gasteiger charge is 2.10. The third-order valence-corrected chi connectivity index (χ3v) is 2.65. The Morgan fingerprint density at radius 3 is 2.67 bits per heavy atom. The number of hydrogen-bond acceptors (Lipinski definition) is 1. The van der Waals surface area contributed by atoms with Crippen LogP contribution in [0, 0.1) is 0 Å². The predicted octanol–water partition coefficient (Wildman–Crippen LogP) is 2.48. The second-order valence-electron chi connectivity index (χ2n) is 3.36. The zero-order valence-electron chi connectivity index (χ0n) is 9.02. The first-order valence-corrected chi connectivity index (χ1v) is 5.78. The number of halogens is 2. The number of methoxy groups -OCH3 is 1. The van der Waals surface area contributed by atoms with Crippen LogP contribution in [0.25, 0.3) is 0 Å². The van der Waals surface area contributed by atoms with E-state index in [0.29, 0.717) is 10.0 Å². The largest absolute Gasteiger partial charge is 0.495 e. The summed E-state index contributed by atoms with van der Waals surface area (Å²) in [5.41, 5.74) is 1.04. The molecule has 15 heavy (non-hydrogen) atoms. The molecule has 84 valence electrons. The van der Waals surface area contributed by atoms with Crippen LogP contribution in [-0.4, -0.2) is 13.7 Å². The third-order valence-electron chi connectivity index (χ3n) is 2.15. The topological polar surface area (TPSA) is 25.8 Å². The normalized spacial score (nSPS) is 10.4. The molecule has 0 atom stereocenters. The summed E-state index contributed by atoms with van der Waals surface area (Å²) in [5.74, 6) is 0.730. The Kier molecular flexibility index (Phi) is 5.23. The summed E-state index contributed by atoms with van der Waals surface area (Å²) in [6, 6.07) is 3.60. The molecule has 0 fully saturated rings. The van der Waals surface area contributed by atoms with E-state index in [0.717, 1.165) is 30.8 Å². The molecular formula is C11H16Cl2NO+. The van der Waals surface area contributed by atoms with Crippen LogP contribution in [0.2, 0.25) is 10.0 Å². The SMILES string of the molecule is CCC[NH2+]Cc1cc(Cl)cc(Cl)c1OC. The van der Waals surface area contributed by atoms with E-state index in [4.69, 9.17) is 27.9 Å². The summed E-state index contributed by atoms with van der Waals surface area (Å²) in [6.07, 6.45) is 1.15. The van der Waals surface area contributed by atoms with Gasteiger partial charge in [-0.3, -0.25) is 0 Å². The van der Waals surface area contributed by atoms with Gasteiger partial charge in [0.15, 0.2) is 0 Å². The number of ether oxygens (including phenoxy) is 1. The lowest BCUT2D eigenvalue weighted by Crippen LogP contribution is -2.82. The molecule has 2 nitrogen and oxygen atoms in total. The van der Waals surface area contributed by atoms with Crippen molar-refractivity contribution >= 4 is 23.2 Å². The van der Waals surface area contributed by atoms with Crippen LogP contribution in [0.5, 0.6) is 5.75 Å². The van der Waals surface area contributed by atoms with Crippen LogP contribution < -0.4 is 10.1 Å². The molecule has 0 amide bonds. The van der Waals surface area contributed by atoms with E-state index in [1.807, 2.05) is 6.07 Å². The highest BCUT2D eigenvalue weighted by molar-refractivity contribution is 6.35. The fraction of sp³-hybridized carbons (Fsp3) is 0.455. The molecule has 0 aliphatic heterocycles. The van der Waals surface area contributed by atoms with Crippen LogP contribution >= 0.6 is 23.2 Å².